The van der Waals surface area contributed by atoms with Crippen molar-refractivity contribution in [1.29, 1.82) is 0 Å². The lowest BCUT2D eigenvalue weighted by molar-refractivity contribution is -0.119. The lowest BCUT2D eigenvalue weighted by Crippen LogP contribution is -2.28. The van der Waals surface area contributed by atoms with Crippen molar-refractivity contribution in [2.24, 2.45) is 0 Å². The number of benzene rings is 1. The first kappa shape index (κ1) is 15.9. The van der Waals surface area contributed by atoms with Crippen molar-refractivity contribution < 1.29 is 4.79 Å². The summed E-state index contributed by atoms with van der Waals surface area (Å²) in [6, 6.07) is 13.3. The van der Waals surface area contributed by atoms with E-state index in [1.807, 2.05) is 49.4 Å². The van der Waals surface area contributed by atoms with E-state index in [1.165, 1.54) is 0 Å². The van der Waals surface area contributed by atoms with Gasteiger partial charge in [0, 0.05) is 17.0 Å². The van der Waals surface area contributed by atoms with Crippen LogP contribution in [0, 0.1) is 0 Å². The molecule has 5 heteroatoms. The Morgan fingerprint density at radius 1 is 1.33 bits per heavy atom. The molecule has 0 radical (unpaired) electrons. The smallest absolute Gasteiger partial charge is 0.230 e. The van der Waals surface area contributed by atoms with Gasteiger partial charge in [-0.05, 0) is 36.8 Å². The van der Waals surface area contributed by atoms with Crippen LogP contribution in [0.4, 0.5) is 0 Å². The topological polar surface area (TPSA) is 42.0 Å². The molecule has 0 spiro atoms. The molecule has 0 saturated carbocycles. The number of pyridine rings is 1. The van der Waals surface area contributed by atoms with E-state index in [-0.39, 0.29) is 11.9 Å². The third-order valence-electron chi connectivity index (χ3n) is 2.90. The minimum Gasteiger partial charge on any atom is -0.347 e. The molecule has 0 aliphatic rings. The van der Waals surface area contributed by atoms with E-state index in [2.05, 4.69) is 10.3 Å². The van der Waals surface area contributed by atoms with Crippen LogP contribution in [0.3, 0.4) is 0 Å². The average molecular weight is 321 g/mol. The summed E-state index contributed by atoms with van der Waals surface area (Å²) >= 11 is 7.50. The highest BCUT2D eigenvalue weighted by Gasteiger charge is 2.10. The maximum Gasteiger partial charge on any atom is 0.230 e. The summed E-state index contributed by atoms with van der Waals surface area (Å²) in [4.78, 5) is 16.1. The number of aromatic nitrogens is 1. The van der Waals surface area contributed by atoms with Crippen LogP contribution in [0.5, 0.6) is 0 Å². The van der Waals surface area contributed by atoms with Crippen LogP contribution in [0.1, 0.15) is 24.2 Å². The predicted molar refractivity (Wildman–Crippen MR) is 88.4 cm³/mol. The monoisotopic (exact) mass is 320 g/mol. The Kier molecular flexibility index (Phi) is 6.08. The third kappa shape index (κ3) is 5.40. The highest BCUT2D eigenvalue weighted by atomic mass is 35.5. The highest BCUT2D eigenvalue weighted by molar-refractivity contribution is 7.99. The predicted octanol–water partition coefficient (Wildman–Crippen LogP) is 3.85. The Morgan fingerprint density at radius 3 is 2.90 bits per heavy atom. The zero-order chi connectivity index (χ0) is 15.1. The van der Waals surface area contributed by atoms with Gasteiger partial charge in [0.2, 0.25) is 5.91 Å². The van der Waals surface area contributed by atoms with E-state index >= 15 is 0 Å². The van der Waals surface area contributed by atoms with E-state index in [1.54, 1.807) is 18.0 Å². The van der Waals surface area contributed by atoms with Crippen molar-refractivity contribution in [3.63, 3.8) is 0 Å². The fourth-order valence-electron chi connectivity index (χ4n) is 1.88. The van der Waals surface area contributed by atoms with Crippen LogP contribution in [0.15, 0.2) is 48.7 Å². The Labute approximate surface area is 134 Å². The van der Waals surface area contributed by atoms with E-state index in [9.17, 15) is 4.79 Å². The molecule has 0 aliphatic carbocycles. The molecule has 3 nitrogen and oxygen atoms in total. The van der Waals surface area contributed by atoms with E-state index in [4.69, 9.17) is 11.6 Å². The Hall–Kier alpha value is -1.52. The fourth-order valence-corrected chi connectivity index (χ4v) is 2.88. The van der Waals surface area contributed by atoms with Crippen LogP contribution in [0.25, 0.3) is 0 Å². The number of nitrogens with one attached hydrogen (secondary N) is 1. The van der Waals surface area contributed by atoms with Gasteiger partial charge in [0.05, 0.1) is 17.5 Å². The summed E-state index contributed by atoms with van der Waals surface area (Å²) < 4.78 is 0. The first-order valence-corrected chi connectivity index (χ1v) is 8.21. The third-order valence-corrected chi connectivity index (χ3v) is 4.14. The van der Waals surface area contributed by atoms with Gasteiger partial charge in [-0.25, -0.2) is 0 Å². The molecule has 1 N–H and O–H groups in total. The molecular weight excluding hydrogens is 304 g/mol. The second-order valence-electron chi connectivity index (χ2n) is 4.67. The molecular formula is C16H17ClN2OS. The van der Waals surface area contributed by atoms with Crippen LogP contribution in [-0.2, 0) is 10.5 Å². The van der Waals surface area contributed by atoms with Gasteiger partial charge in [-0.1, -0.05) is 29.8 Å². The SMILES string of the molecule is CC(NC(=O)CSCc1cccc(Cl)c1)c1ccccn1. The quantitative estimate of drug-likeness (QED) is 0.879. The van der Waals surface area contributed by atoms with Crippen molar-refractivity contribution in [3.05, 3.63) is 64.9 Å². The number of halogens is 1. The highest BCUT2D eigenvalue weighted by Crippen LogP contribution is 2.16. The van der Waals surface area contributed by atoms with Gasteiger partial charge in [0.15, 0.2) is 0 Å². The standard InChI is InChI=1S/C16H17ClN2OS/c1-12(15-7-2-3-8-18-15)19-16(20)11-21-10-13-5-4-6-14(17)9-13/h2-9,12H,10-11H2,1H3,(H,19,20). The second kappa shape index (κ2) is 8.05. The molecule has 0 saturated heterocycles. The molecule has 0 bridgehead atoms. The molecule has 1 heterocycles. The summed E-state index contributed by atoms with van der Waals surface area (Å²) in [6.45, 7) is 1.93. The minimum atomic E-state index is -0.0783. The summed E-state index contributed by atoms with van der Waals surface area (Å²) in [7, 11) is 0. The number of hydrogen-bond donors (Lipinski definition) is 1. The molecule has 2 aromatic rings. The zero-order valence-electron chi connectivity index (χ0n) is 11.8. The fraction of sp³-hybridized carbons (Fsp3) is 0.250. The molecule has 0 aliphatic heterocycles. The van der Waals surface area contributed by atoms with Crippen LogP contribution in [0.2, 0.25) is 5.02 Å². The second-order valence-corrected chi connectivity index (χ2v) is 6.09. The molecule has 1 unspecified atom stereocenters. The van der Waals surface area contributed by atoms with E-state index < -0.39 is 0 Å². The van der Waals surface area contributed by atoms with Crippen molar-refractivity contribution >= 4 is 29.3 Å². The van der Waals surface area contributed by atoms with Crippen LogP contribution < -0.4 is 5.32 Å². The molecule has 2 rings (SSSR count). The number of hydrogen-bond acceptors (Lipinski definition) is 3. The van der Waals surface area contributed by atoms with Gasteiger partial charge in [0.1, 0.15) is 0 Å². The number of amides is 1. The normalized spacial score (nSPS) is 11.9. The first-order valence-electron chi connectivity index (χ1n) is 6.67. The number of rotatable bonds is 6. The lowest BCUT2D eigenvalue weighted by Gasteiger charge is -2.13. The van der Waals surface area contributed by atoms with Crippen LogP contribution in [-0.4, -0.2) is 16.6 Å². The van der Waals surface area contributed by atoms with Crippen molar-refractivity contribution in [2.45, 2.75) is 18.7 Å². The van der Waals surface area contributed by atoms with Crippen molar-refractivity contribution in [1.82, 2.24) is 10.3 Å². The number of carbonyl (C=O) groups excluding carboxylic acids is 1. The number of nitrogens with zero attached hydrogens (tertiary/aromatic N) is 1. The van der Waals surface area contributed by atoms with Gasteiger partial charge >= 0.3 is 0 Å². The molecule has 1 aromatic carbocycles. The Bertz CT molecular complexity index is 592. The van der Waals surface area contributed by atoms with Gasteiger partial charge < -0.3 is 5.32 Å². The summed E-state index contributed by atoms with van der Waals surface area (Å²) in [5.41, 5.74) is 1.99. The molecule has 1 atom stereocenters. The Morgan fingerprint density at radius 2 is 2.19 bits per heavy atom. The zero-order valence-corrected chi connectivity index (χ0v) is 13.3. The van der Waals surface area contributed by atoms with E-state index in [0.29, 0.717) is 5.75 Å². The molecule has 1 aromatic heterocycles. The lowest BCUT2D eigenvalue weighted by atomic mass is 10.2. The first-order chi connectivity index (χ1) is 10.1. The van der Waals surface area contributed by atoms with Crippen molar-refractivity contribution in [2.75, 3.05) is 5.75 Å². The summed E-state index contributed by atoms with van der Waals surface area (Å²) in [6.07, 6.45) is 1.73. The van der Waals surface area contributed by atoms with E-state index in [0.717, 1.165) is 22.0 Å². The number of thioether (sulfide) groups is 1. The van der Waals surface area contributed by atoms with Gasteiger partial charge in [-0.15, -0.1) is 11.8 Å². The van der Waals surface area contributed by atoms with Crippen molar-refractivity contribution in [3.8, 4) is 0 Å². The average Bonchev–Trinajstić information content (AvgIpc) is 2.48. The molecule has 21 heavy (non-hydrogen) atoms. The maximum absolute atomic E-state index is 11.9. The Balaban J connectivity index is 1.75. The van der Waals surface area contributed by atoms with Gasteiger partial charge in [-0.3, -0.25) is 9.78 Å². The molecule has 0 fully saturated rings. The summed E-state index contributed by atoms with van der Waals surface area (Å²) in [5, 5.41) is 3.67. The minimum absolute atomic E-state index is 0.0141. The molecule has 110 valence electrons. The summed E-state index contributed by atoms with van der Waals surface area (Å²) in [5.74, 6) is 1.20. The van der Waals surface area contributed by atoms with Gasteiger partial charge in [0.25, 0.3) is 0 Å². The van der Waals surface area contributed by atoms with Gasteiger partial charge in [-0.2, -0.15) is 0 Å². The number of carbonyl (C=O) groups is 1. The largest absolute Gasteiger partial charge is 0.347 e. The maximum atomic E-state index is 11.9. The molecule has 1 amide bonds. The van der Waals surface area contributed by atoms with Crippen LogP contribution >= 0.6 is 23.4 Å².